The van der Waals surface area contributed by atoms with Crippen molar-refractivity contribution in [1.82, 2.24) is 9.97 Å². The highest BCUT2D eigenvalue weighted by Crippen LogP contribution is 2.37. The Morgan fingerprint density at radius 1 is 1.25 bits per heavy atom. The lowest BCUT2D eigenvalue weighted by Gasteiger charge is -2.17. The zero-order chi connectivity index (χ0) is 16.7. The van der Waals surface area contributed by atoms with E-state index in [2.05, 4.69) is 9.97 Å². The molecule has 1 atom stereocenters. The van der Waals surface area contributed by atoms with Crippen LogP contribution in [0, 0.1) is 0 Å². The summed E-state index contributed by atoms with van der Waals surface area (Å²) in [7, 11) is 1.36. The van der Waals surface area contributed by atoms with Gasteiger partial charge in [-0.3, -0.25) is 9.59 Å². The number of anilines is 1. The average molecular weight is 321 g/mol. The summed E-state index contributed by atoms with van der Waals surface area (Å²) in [5.74, 6) is -0.932. The summed E-state index contributed by atoms with van der Waals surface area (Å²) in [6.07, 6.45) is 1.59. The molecule has 0 saturated heterocycles. The summed E-state index contributed by atoms with van der Waals surface area (Å²) < 4.78 is 4.88. The molecule has 0 spiro atoms. The zero-order valence-corrected chi connectivity index (χ0v) is 13.0. The van der Waals surface area contributed by atoms with Crippen molar-refractivity contribution < 1.29 is 14.3 Å². The van der Waals surface area contributed by atoms with Crippen molar-refractivity contribution in [1.29, 1.82) is 0 Å². The summed E-state index contributed by atoms with van der Waals surface area (Å²) in [5.41, 5.74) is 3.73. The Kier molecular flexibility index (Phi) is 3.30. The molecule has 3 aromatic rings. The fourth-order valence-electron chi connectivity index (χ4n) is 3.17. The third-order valence-electron chi connectivity index (χ3n) is 4.37. The van der Waals surface area contributed by atoms with E-state index in [0.717, 1.165) is 22.3 Å². The molecule has 0 radical (unpaired) electrons. The molecule has 0 bridgehead atoms. The Labute approximate surface area is 138 Å². The van der Waals surface area contributed by atoms with Crippen LogP contribution in [0.3, 0.4) is 0 Å². The molecular weight excluding hydrogens is 306 g/mol. The summed E-state index contributed by atoms with van der Waals surface area (Å²) in [6, 6.07) is 12.8. The van der Waals surface area contributed by atoms with Crippen molar-refractivity contribution in [2.45, 2.75) is 5.92 Å². The van der Waals surface area contributed by atoms with Gasteiger partial charge >= 0.3 is 5.97 Å². The molecule has 24 heavy (non-hydrogen) atoms. The van der Waals surface area contributed by atoms with E-state index in [-0.39, 0.29) is 18.4 Å². The van der Waals surface area contributed by atoms with Gasteiger partial charge in [0.15, 0.2) is 0 Å². The van der Waals surface area contributed by atoms with Crippen LogP contribution in [0.2, 0.25) is 0 Å². The first-order valence-corrected chi connectivity index (χ1v) is 7.61. The minimum absolute atomic E-state index is 0.148. The average Bonchev–Trinajstić information content (AvgIpc) is 3.24. The van der Waals surface area contributed by atoms with E-state index in [1.807, 2.05) is 24.3 Å². The third kappa shape index (κ3) is 2.15. The Hall–Kier alpha value is -3.15. The zero-order valence-electron chi connectivity index (χ0n) is 13.0. The molecule has 4 rings (SSSR count). The number of rotatable bonds is 2. The van der Waals surface area contributed by atoms with Crippen LogP contribution in [-0.4, -0.2) is 35.5 Å². The van der Waals surface area contributed by atoms with Gasteiger partial charge in [-0.2, -0.15) is 0 Å². The number of fused-ring (bicyclic) bond motifs is 2. The lowest BCUT2D eigenvalue weighted by Crippen LogP contribution is -2.31. The van der Waals surface area contributed by atoms with E-state index in [1.165, 1.54) is 7.11 Å². The first kappa shape index (κ1) is 14.4. The number of para-hydroxylation sites is 1. The number of hydrogen-bond acceptors (Lipinski definition) is 4. The van der Waals surface area contributed by atoms with Crippen LogP contribution >= 0.6 is 0 Å². The van der Waals surface area contributed by atoms with Gasteiger partial charge < -0.3 is 14.6 Å². The summed E-state index contributed by atoms with van der Waals surface area (Å²) >= 11 is 0. The molecule has 0 saturated carbocycles. The van der Waals surface area contributed by atoms with E-state index >= 15 is 0 Å². The van der Waals surface area contributed by atoms with Crippen molar-refractivity contribution >= 4 is 28.6 Å². The number of benzene rings is 2. The number of imidazole rings is 1. The number of carbonyl (C=O) groups is 2. The van der Waals surface area contributed by atoms with Crippen molar-refractivity contribution in [2.24, 2.45) is 0 Å². The Bertz CT molecular complexity index is 947. The number of esters is 1. The molecule has 6 heteroatoms. The largest absolute Gasteiger partial charge is 0.468 e. The topological polar surface area (TPSA) is 75.3 Å². The quantitative estimate of drug-likeness (QED) is 0.736. The minimum atomic E-state index is -0.453. The van der Waals surface area contributed by atoms with Crippen molar-refractivity contribution in [3.8, 4) is 0 Å². The van der Waals surface area contributed by atoms with E-state index in [9.17, 15) is 9.59 Å². The van der Waals surface area contributed by atoms with E-state index in [1.54, 1.807) is 29.4 Å². The van der Waals surface area contributed by atoms with Crippen molar-refractivity contribution in [3.05, 3.63) is 59.9 Å². The minimum Gasteiger partial charge on any atom is -0.468 e. The maximum Gasteiger partial charge on any atom is 0.315 e. The first-order chi connectivity index (χ1) is 11.7. The highest BCUT2D eigenvalue weighted by atomic mass is 16.5. The van der Waals surface area contributed by atoms with Gasteiger partial charge in [0.2, 0.25) is 0 Å². The molecule has 6 nitrogen and oxygen atoms in total. The van der Waals surface area contributed by atoms with E-state index in [0.29, 0.717) is 5.56 Å². The van der Waals surface area contributed by atoms with Crippen LogP contribution < -0.4 is 4.90 Å². The molecule has 0 fully saturated rings. The number of carbonyl (C=O) groups excluding carboxylic acids is 2. The molecule has 1 aliphatic rings. The molecule has 1 aliphatic heterocycles. The molecular formula is C18H15N3O3. The maximum atomic E-state index is 13.0. The molecule has 1 unspecified atom stereocenters. The fraction of sp³-hybridized carbons (Fsp3) is 0.167. The molecule has 2 heterocycles. The second kappa shape index (κ2) is 5.49. The highest BCUT2D eigenvalue weighted by Gasteiger charge is 2.37. The number of hydrogen-bond donors (Lipinski definition) is 1. The predicted octanol–water partition coefficient (Wildman–Crippen LogP) is 2.48. The number of nitrogens with one attached hydrogen (secondary N) is 1. The maximum absolute atomic E-state index is 13.0. The second-order valence-corrected chi connectivity index (χ2v) is 5.68. The van der Waals surface area contributed by atoms with Crippen LogP contribution in [0.1, 0.15) is 21.8 Å². The number of ether oxygens (including phenoxy) is 1. The molecule has 0 aliphatic carbocycles. The molecule has 120 valence electrons. The normalized spacial score (nSPS) is 16.2. The smallest absolute Gasteiger partial charge is 0.315 e. The Morgan fingerprint density at radius 3 is 2.92 bits per heavy atom. The number of methoxy groups -OCH3 is 1. The molecule has 1 amide bonds. The first-order valence-electron chi connectivity index (χ1n) is 7.61. The Balaban J connectivity index is 1.73. The van der Waals surface area contributed by atoms with Crippen LogP contribution in [0.4, 0.5) is 5.69 Å². The van der Waals surface area contributed by atoms with Crippen LogP contribution in [-0.2, 0) is 9.53 Å². The lowest BCUT2D eigenvalue weighted by molar-refractivity contribution is -0.141. The van der Waals surface area contributed by atoms with Gasteiger partial charge in [0, 0.05) is 17.8 Å². The monoisotopic (exact) mass is 321 g/mol. The van der Waals surface area contributed by atoms with Gasteiger partial charge in [-0.1, -0.05) is 18.2 Å². The van der Waals surface area contributed by atoms with Gasteiger partial charge in [-0.15, -0.1) is 0 Å². The second-order valence-electron chi connectivity index (χ2n) is 5.68. The van der Waals surface area contributed by atoms with Gasteiger partial charge in [-0.05, 0) is 29.8 Å². The van der Waals surface area contributed by atoms with E-state index < -0.39 is 5.92 Å². The van der Waals surface area contributed by atoms with Crippen molar-refractivity contribution in [2.75, 3.05) is 18.6 Å². The van der Waals surface area contributed by atoms with Crippen LogP contribution in [0.25, 0.3) is 11.0 Å². The standard InChI is InChI=1S/C18H15N3O3/c1-24-18(23)13-9-21(16-5-3-2-4-12(13)16)17(22)11-6-7-14-15(8-11)20-10-19-14/h2-8,10,13H,9H2,1H3,(H,19,20). The van der Waals surface area contributed by atoms with Gasteiger partial charge in [-0.25, -0.2) is 4.98 Å². The van der Waals surface area contributed by atoms with E-state index in [4.69, 9.17) is 4.74 Å². The number of amides is 1. The number of nitrogens with zero attached hydrogens (tertiary/aromatic N) is 2. The molecule has 2 aromatic carbocycles. The highest BCUT2D eigenvalue weighted by molar-refractivity contribution is 6.10. The molecule has 1 aromatic heterocycles. The number of H-pyrrole nitrogens is 1. The third-order valence-corrected chi connectivity index (χ3v) is 4.37. The molecule has 1 N–H and O–H groups in total. The lowest BCUT2D eigenvalue weighted by atomic mass is 10.0. The van der Waals surface area contributed by atoms with Gasteiger partial charge in [0.1, 0.15) is 5.92 Å². The van der Waals surface area contributed by atoms with Crippen LogP contribution in [0.15, 0.2) is 48.8 Å². The van der Waals surface area contributed by atoms with Gasteiger partial charge in [0.25, 0.3) is 5.91 Å². The predicted molar refractivity (Wildman–Crippen MR) is 89.0 cm³/mol. The van der Waals surface area contributed by atoms with Crippen molar-refractivity contribution in [3.63, 3.8) is 0 Å². The SMILES string of the molecule is COC(=O)C1CN(C(=O)c2ccc3nc[nH]c3c2)c2ccccc21. The summed E-state index contributed by atoms with van der Waals surface area (Å²) in [5, 5.41) is 0. The Morgan fingerprint density at radius 2 is 2.08 bits per heavy atom. The summed E-state index contributed by atoms with van der Waals surface area (Å²) in [6.45, 7) is 0.284. The van der Waals surface area contributed by atoms with Gasteiger partial charge in [0.05, 0.1) is 24.5 Å². The van der Waals surface area contributed by atoms with Crippen LogP contribution in [0.5, 0.6) is 0 Å². The summed E-state index contributed by atoms with van der Waals surface area (Å²) in [4.78, 5) is 33.8. The number of aromatic amines is 1. The fourth-order valence-corrected chi connectivity index (χ4v) is 3.17. The number of aromatic nitrogens is 2.